The van der Waals surface area contributed by atoms with E-state index >= 15 is 0 Å². The van der Waals surface area contributed by atoms with Crippen LogP contribution in [-0.2, 0) is 0 Å². The Kier molecular flexibility index (Phi) is 6.54. The minimum atomic E-state index is -0.591. The molecule has 9 heteroatoms. The minimum Gasteiger partial charge on any atom is -0.377 e. The molecule has 0 saturated heterocycles. The van der Waals surface area contributed by atoms with E-state index in [4.69, 9.17) is 10.7 Å². The second kappa shape index (κ2) is 9.54. The monoisotopic (exact) mass is 462 g/mol. The van der Waals surface area contributed by atoms with Gasteiger partial charge in [0.2, 0.25) is 0 Å². The van der Waals surface area contributed by atoms with Crippen molar-refractivity contribution in [2.24, 2.45) is 5.73 Å². The fourth-order valence-corrected chi connectivity index (χ4v) is 4.85. The molecule has 3 N–H and O–H groups in total. The van der Waals surface area contributed by atoms with E-state index < -0.39 is 11.0 Å². The highest BCUT2D eigenvalue weighted by Crippen LogP contribution is 2.34. The minimum absolute atomic E-state index is 0.0156. The average molecular weight is 463 g/mol. The van der Waals surface area contributed by atoms with Crippen LogP contribution in [0, 0.1) is 17.0 Å². The maximum Gasteiger partial charge on any atom is 0.319 e. The Balaban J connectivity index is 1.50. The number of hydrogen-bond donors (Lipinski definition) is 2. The maximum atomic E-state index is 12.4. The highest BCUT2D eigenvalue weighted by Gasteiger charge is 2.31. The lowest BCUT2D eigenvalue weighted by molar-refractivity contribution is -0.385. The average Bonchev–Trinajstić information content (AvgIpc) is 2.80. The largest absolute Gasteiger partial charge is 0.377 e. The third-order valence-electron chi connectivity index (χ3n) is 6.56. The molecule has 1 aliphatic rings. The van der Waals surface area contributed by atoms with E-state index in [9.17, 15) is 14.9 Å². The first-order valence-corrected chi connectivity index (χ1v) is 11.4. The Morgan fingerprint density at radius 1 is 1.09 bits per heavy atom. The zero-order chi connectivity index (χ0) is 24.4. The second-order valence-corrected chi connectivity index (χ2v) is 8.97. The summed E-state index contributed by atoms with van der Waals surface area (Å²) in [5.74, 6) is 0.826. The molecule has 1 aromatic heterocycles. The number of amides is 2. The number of rotatable bonds is 6. The van der Waals surface area contributed by atoms with Gasteiger partial charge in [-0.2, -0.15) is 0 Å². The molecule has 9 nitrogen and oxygen atoms in total. The number of anilines is 3. The maximum absolute atomic E-state index is 12.4. The molecule has 0 radical (unpaired) electrons. The molecule has 178 valence electrons. The highest BCUT2D eigenvalue weighted by atomic mass is 16.6. The second-order valence-electron chi connectivity index (χ2n) is 8.97. The quantitative estimate of drug-likeness (QED) is 0.400. The van der Waals surface area contributed by atoms with E-state index in [1.165, 1.54) is 11.0 Å². The van der Waals surface area contributed by atoms with Crippen molar-refractivity contribution in [2.45, 2.75) is 44.7 Å². The van der Waals surface area contributed by atoms with Crippen LogP contribution in [0.3, 0.4) is 0 Å². The number of nitrogens with zero attached hydrogens (tertiary/aromatic N) is 4. The molecule has 0 spiro atoms. The summed E-state index contributed by atoms with van der Waals surface area (Å²) in [7, 11) is 4.04. The lowest BCUT2D eigenvalue weighted by Crippen LogP contribution is -2.47. The fraction of sp³-hybridized carbons (Fsp3) is 0.360. The van der Waals surface area contributed by atoms with Crippen molar-refractivity contribution in [3.8, 4) is 0 Å². The molecule has 0 aliphatic heterocycles. The number of aromatic nitrogens is 1. The molecule has 1 aliphatic carbocycles. The van der Waals surface area contributed by atoms with Crippen molar-refractivity contribution in [1.82, 2.24) is 4.98 Å². The van der Waals surface area contributed by atoms with Gasteiger partial charge in [0.1, 0.15) is 5.82 Å². The van der Waals surface area contributed by atoms with Crippen LogP contribution in [0.4, 0.5) is 27.7 Å². The van der Waals surface area contributed by atoms with Crippen LogP contribution in [0.25, 0.3) is 10.9 Å². The molecule has 1 saturated carbocycles. The van der Waals surface area contributed by atoms with Crippen LogP contribution in [0.1, 0.15) is 31.2 Å². The first-order chi connectivity index (χ1) is 16.3. The molecular weight excluding hydrogens is 432 g/mol. The summed E-state index contributed by atoms with van der Waals surface area (Å²) < 4.78 is 0. The summed E-state index contributed by atoms with van der Waals surface area (Å²) in [6, 6.07) is 14.4. The smallest absolute Gasteiger partial charge is 0.319 e. The first-order valence-electron chi connectivity index (χ1n) is 11.4. The molecule has 0 bridgehead atoms. The highest BCUT2D eigenvalue weighted by molar-refractivity contribution is 5.94. The van der Waals surface area contributed by atoms with Crippen LogP contribution < -0.4 is 20.9 Å². The predicted molar refractivity (Wildman–Crippen MR) is 136 cm³/mol. The van der Waals surface area contributed by atoms with E-state index in [0.29, 0.717) is 11.3 Å². The number of fused-ring (bicyclic) bond motifs is 1. The standard InChI is InChI=1S/C25H30N6O3/c1-16-21(9-6-10-22(16)31(33)34)30(25(26)32)18-13-11-17(12-14-18)27-24-15-23(29(2)3)19-7-4-5-8-20(19)28-24/h4-10,15,17-18H,11-14H2,1-3H3,(H2,26,32)(H,27,28). The van der Waals surface area contributed by atoms with Crippen molar-refractivity contribution in [2.75, 3.05) is 29.2 Å². The van der Waals surface area contributed by atoms with Gasteiger partial charge in [-0.15, -0.1) is 0 Å². The molecule has 3 aromatic rings. The van der Waals surface area contributed by atoms with Gasteiger partial charge in [-0.1, -0.05) is 24.3 Å². The Hall–Kier alpha value is -3.88. The Labute approximate surface area is 198 Å². The number of carbonyl (C=O) groups is 1. The van der Waals surface area contributed by atoms with E-state index in [0.717, 1.165) is 48.1 Å². The van der Waals surface area contributed by atoms with Gasteiger partial charge in [0.15, 0.2) is 0 Å². The van der Waals surface area contributed by atoms with Crippen LogP contribution in [-0.4, -0.2) is 42.1 Å². The molecule has 34 heavy (non-hydrogen) atoms. The lowest BCUT2D eigenvalue weighted by Gasteiger charge is -2.37. The molecule has 2 amide bonds. The van der Waals surface area contributed by atoms with E-state index in [-0.39, 0.29) is 17.8 Å². The van der Waals surface area contributed by atoms with Crippen molar-refractivity contribution >= 4 is 39.8 Å². The first kappa shape index (κ1) is 23.3. The summed E-state index contributed by atoms with van der Waals surface area (Å²) in [5, 5.41) is 16.0. The van der Waals surface area contributed by atoms with Crippen molar-refractivity contribution in [3.63, 3.8) is 0 Å². The molecule has 1 fully saturated rings. The Bertz CT molecular complexity index is 1220. The molecule has 0 unspecified atom stereocenters. The number of benzene rings is 2. The summed E-state index contributed by atoms with van der Waals surface area (Å²) in [6.07, 6.45) is 3.12. The number of hydrogen-bond acceptors (Lipinski definition) is 6. The van der Waals surface area contributed by atoms with Gasteiger partial charge in [0.05, 0.1) is 21.7 Å². The third kappa shape index (κ3) is 4.59. The summed E-state index contributed by atoms with van der Waals surface area (Å²) in [4.78, 5) is 31.7. The topological polar surface area (TPSA) is 118 Å². The van der Waals surface area contributed by atoms with E-state index in [2.05, 4.69) is 22.3 Å². The number of nitro benzene ring substituents is 1. The number of pyridine rings is 1. The molecule has 0 atom stereocenters. The Morgan fingerprint density at radius 3 is 2.44 bits per heavy atom. The van der Waals surface area contributed by atoms with Crippen molar-refractivity contribution in [3.05, 3.63) is 64.2 Å². The normalized spacial score (nSPS) is 17.9. The number of nitrogens with two attached hydrogens (primary N) is 1. The number of nitro groups is 1. The zero-order valence-corrected chi connectivity index (χ0v) is 19.7. The van der Waals surface area contributed by atoms with Gasteiger partial charge in [0, 0.05) is 49.4 Å². The van der Waals surface area contributed by atoms with Crippen molar-refractivity contribution in [1.29, 1.82) is 0 Å². The van der Waals surface area contributed by atoms with Gasteiger partial charge in [-0.25, -0.2) is 9.78 Å². The molecule has 1 heterocycles. The summed E-state index contributed by atoms with van der Waals surface area (Å²) >= 11 is 0. The van der Waals surface area contributed by atoms with Gasteiger partial charge < -0.3 is 16.0 Å². The van der Waals surface area contributed by atoms with Crippen LogP contribution in [0.15, 0.2) is 48.5 Å². The SMILES string of the molecule is Cc1c(N(C(N)=O)C2CCC(Nc3cc(N(C)C)c4ccccc4n3)CC2)cccc1[N+](=O)[O-]. The van der Waals surface area contributed by atoms with Gasteiger partial charge in [-0.05, 0) is 44.7 Å². The molecular formula is C25H30N6O3. The lowest BCUT2D eigenvalue weighted by atomic mass is 9.89. The number of para-hydroxylation sites is 1. The fourth-order valence-electron chi connectivity index (χ4n) is 4.85. The van der Waals surface area contributed by atoms with E-state index in [1.54, 1.807) is 19.1 Å². The summed E-state index contributed by atoms with van der Waals surface area (Å²) in [6.45, 7) is 1.66. The number of carbonyl (C=O) groups excluding carboxylic acids is 1. The number of nitrogens with one attached hydrogen (secondary N) is 1. The molecule has 2 aromatic carbocycles. The summed E-state index contributed by atoms with van der Waals surface area (Å²) in [5.41, 5.74) is 8.71. The van der Waals surface area contributed by atoms with Crippen molar-refractivity contribution < 1.29 is 9.72 Å². The predicted octanol–water partition coefficient (Wildman–Crippen LogP) is 4.83. The van der Waals surface area contributed by atoms with E-state index in [1.807, 2.05) is 32.3 Å². The number of primary amides is 1. The zero-order valence-electron chi connectivity index (χ0n) is 19.7. The Morgan fingerprint density at radius 2 is 1.79 bits per heavy atom. The van der Waals surface area contributed by atoms with Gasteiger partial charge in [0.25, 0.3) is 5.69 Å². The van der Waals surface area contributed by atoms with Crippen LogP contribution in [0.5, 0.6) is 0 Å². The number of urea groups is 1. The van der Waals surface area contributed by atoms with Gasteiger partial charge >= 0.3 is 6.03 Å². The molecule has 4 rings (SSSR count). The van der Waals surface area contributed by atoms with Crippen LogP contribution >= 0.6 is 0 Å². The van der Waals surface area contributed by atoms with Gasteiger partial charge in [-0.3, -0.25) is 15.0 Å². The van der Waals surface area contributed by atoms with Crippen LogP contribution in [0.2, 0.25) is 0 Å². The third-order valence-corrected chi connectivity index (χ3v) is 6.56.